The summed E-state index contributed by atoms with van der Waals surface area (Å²) in [6.07, 6.45) is -4.63. The van der Waals surface area contributed by atoms with Gasteiger partial charge in [-0.1, -0.05) is 0 Å². The number of hydrogen-bond donors (Lipinski definition) is 0. The third kappa shape index (κ3) is 2.35. The molecule has 0 spiro atoms. The van der Waals surface area contributed by atoms with Gasteiger partial charge in [0.25, 0.3) is 0 Å². The number of hydrogen-bond acceptors (Lipinski definition) is 2. The molecule has 2 nitrogen and oxygen atoms in total. The molecule has 0 aliphatic heterocycles. The van der Waals surface area contributed by atoms with Crippen molar-refractivity contribution in [1.82, 2.24) is 0 Å². The van der Waals surface area contributed by atoms with E-state index in [1.54, 1.807) is 28.7 Å². The second kappa shape index (κ2) is 4.41. The molecule has 16 heavy (non-hydrogen) atoms. The molecule has 1 aromatic carbocycles. The summed E-state index contributed by atoms with van der Waals surface area (Å²) >= 11 is 1.72. The fraction of sp³-hybridized carbons (Fsp3) is 0.200. The lowest BCUT2D eigenvalue weighted by molar-refractivity contribution is -0.137. The van der Waals surface area contributed by atoms with Crippen LogP contribution in [0, 0.1) is 14.9 Å². The largest absolute Gasteiger partial charge is 0.417 e. The topological polar surface area (TPSA) is 40.9 Å². The Bertz CT molecular complexity index is 488. The molecule has 0 radical (unpaired) electrons. The third-order valence-corrected chi connectivity index (χ3v) is 2.82. The molecule has 0 aliphatic rings. The van der Waals surface area contributed by atoms with Crippen LogP contribution in [0.4, 0.5) is 13.2 Å². The summed E-state index contributed by atoms with van der Waals surface area (Å²) in [5, 5.41) is 8.76. The Hall–Kier alpha value is -1.10. The van der Waals surface area contributed by atoms with Gasteiger partial charge in [-0.25, -0.2) is 0 Å². The average molecular weight is 339 g/mol. The SMILES string of the molecule is CC(=O)c1c(C(F)(F)F)ccc(I)c1C#N. The van der Waals surface area contributed by atoms with Crippen molar-refractivity contribution < 1.29 is 18.0 Å². The fourth-order valence-corrected chi connectivity index (χ4v) is 1.86. The quantitative estimate of drug-likeness (QED) is 0.581. The van der Waals surface area contributed by atoms with E-state index in [4.69, 9.17) is 5.26 Å². The number of carbonyl (C=O) groups excluding carboxylic acids is 1. The summed E-state index contributed by atoms with van der Waals surface area (Å²) in [6, 6.07) is 3.62. The molecule has 0 bridgehead atoms. The van der Waals surface area contributed by atoms with Gasteiger partial charge >= 0.3 is 6.18 Å². The number of ketones is 1. The Morgan fingerprint density at radius 2 is 2.00 bits per heavy atom. The van der Waals surface area contributed by atoms with Crippen molar-refractivity contribution in [3.8, 4) is 6.07 Å². The highest BCUT2D eigenvalue weighted by molar-refractivity contribution is 14.1. The number of Topliss-reactive ketones (excluding diaryl/α,β-unsaturated/α-hetero) is 1. The first-order valence-electron chi connectivity index (χ1n) is 4.09. The molecule has 84 valence electrons. The summed E-state index contributed by atoms with van der Waals surface area (Å²) in [7, 11) is 0. The Balaban J connectivity index is 3.67. The van der Waals surface area contributed by atoms with Gasteiger partial charge in [0.05, 0.1) is 11.1 Å². The predicted octanol–water partition coefficient (Wildman–Crippen LogP) is 3.38. The molecule has 0 atom stereocenters. The van der Waals surface area contributed by atoms with Crippen molar-refractivity contribution in [2.75, 3.05) is 0 Å². The van der Waals surface area contributed by atoms with E-state index >= 15 is 0 Å². The molecular weight excluding hydrogens is 334 g/mol. The normalized spacial score (nSPS) is 11.0. The van der Waals surface area contributed by atoms with Gasteiger partial charge in [0.1, 0.15) is 6.07 Å². The standard InChI is InChI=1S/C10H5F3INO/c1-5(16)9-6(4-15)8(14)3-2-7(9)10(11,12)13/h2-3H,1H3. The second-order valence-electron chi connectivity index (χ2n) is 3.01. The first kappa shape index (κ1) is 13.0. The lowest BCUT2D eigenvalue weighted by atomic mass is 9.98. The predicted molar refractivity (Wildman–Crippen MR) is 58.9 cm³/mol. The van der Waals surface area contributed by atoms with Crippen molar-refractivity contribution in [3.05, 3.63) is 32.4 Å². The molecule has 0 fully saturated rings. The molecule has 0 N–H and O–H groups in total. The maximum atomic E-state index is 12.6. The van der Waals surface area contributed by atoms with Gasteiger partial charge in [0.15, 0.2) is 5.78 Å². The van der Waals surface area contributed by atoms with Crippen LogP contribution in [0.25, 0.3) is 0 Å². The Morgan fingerprint density at radius 1 is 1.44 bits per heavy atom. The summed E-state index contributed by atoms with van der Waals surface area (Å²) in [4.78, 5) is 11.2. The molecule has 1 aromatic rings. The number of rotatable bonds is 1. The summed E-state index contributed by atoms with van der Waals surface area (Å²) in [5.74, 6) is -0.762. The van der Waals surface area contributed by atoms with Crippen LogP contribution >= 0.6 is 22.6 Å². The minimum atomic E-state index is -4.63. The Morgan fingerprint density at radius 3 is 2.38 bits per heavy atom. The number of benzene rings is 1. The number of nitriles is 1. The van der Waals surface area contributed by atoms with Crippen molar-refractivity contribution in [1.29, 1.82) is 5.26 Å². The highest BCUT2D eigenvalue weighted by atomic mass is 127. The van der Waals surface area contributed by atoms with Gasteiger partial charge in [-0.3, -0.25) is 4.79 Å². The zero-order valence-corrected chi connectivity index (χ0v) is 10.2. The van der Waals surface area contributed by atoms with Crippen LogP contribution in [0.2, 0.25) is 0 Å². The van der Waals surface area contributed by atoms with E-state index in [9.17, 15) is 18.0 Å². The molecule has 1 rings (SSSR count). The molecule has 0 unspecified atom stereocenters. The van der Waals surface area contributed by atoms with Gasteiger partial charge in [-0.2, -0.15) is 18.4 Å². The van der Waals surface area contributed by atoms with Crippen LogP contribution < -0.4 is 0 Å². The minimum absolute atomic E-state index is 0.220. The van der Waals surface area contributed by atoms with Crippen molar-refractivity contribution in [3.63, 3.8) is 0 Å². The van der Waals surface area contributed by atoms with Gasteiger partial charge < -0.3 is 0 Å². The van der Waals surface area contributed by atoms with Gasteiger partial charge in [-0.15, -0.1) is 0 Å². The van der Waals surface area contributed by atoms with Crippen molar-refractivity contribution in [2.45, 2.75) is 13.1 Å². The summed E-state index contributed by atoms with van der Waals surface area (Å²) < 4.78 is 38.1. The lowest BCUT2D eigenvalue weighted by Crippen LogP contribution is -2.14. The smallest absolute Gasteiger partial charge is 0.294 e. The average Bonchev–Trinajstić information content (AvgIpc) is 2.14. The molecular formula is C10H5F3INO. The van der Waals surface area contributed by atoms with Crippen LogP contribution in [0.15, 0.2) is 12.1 Å². The first-order valence-corrected chi connectivity index (χ1v) is 5.17. The van der Waals surface area contributed by atoms with E-state index in [1.165, 1.54) is 6.07 Å². The van der Waals surface area contributed by atoms with E-state index in [2.05, 4.69) is 0 Å². The zero-order chi connectivity index (χ0) is 12.5. The minimum Gasteiger partial charge on any atom is -0.294 e. The molecule has 0 aromatic heterocycles. The number of carbonyl (C=O) groups is 1. The number of alkyl halides is 3. The molecule has 6 heteroatoms. The number of halogens is 4. The Kier molecular flexibility index (Phi) is 3.57. The number of nitrogens with zero attached hydrogens (tertiary/aromatic N) is 1. The molecule has 0 aliphatic carbocycles. The lowest BCUT2D eigenvalue weighted by Gasteiger charge is -2.12. The first-order chi connectivity index (χ1) is 7.29. The van der Waals surface area contributed by atoms with Crippen LogP contribution in [0.3, 0.4) is 0 Å². The van der Waals surface area contributed by atoms with Crippen molar-refractivity contribution in [2.24, 2.45) is 0 Å². The van der Waals surface area contributed by atoms with Crippen LogP contribution in [-0.2, 0) is 6.18 Å². The highest BCUT2D eigenvalue weighted by Gasteiger charge is 2.36. The second-order valence-corrected chi connectivity index (χ2v) is 4.17. The van der Waals surface area contributed by atoms with E-state index in [1.807, 2.05) is 0 Å². The van der Waals surface area contributed by atoms with Crippen LogP contribution in [-0.4, -0.2) is 5.78 Å². The Labute approximate surface area is 103 Å². The van der Waals surface area contributed by atoms with Gasteiger partial charge in [-0.05, 0) is 41.6 Å². The summed E-state index contributed by atoms with van der Waals surface area (Å²) in [5.41, 5.74) is -1.83. The monoisotopic (exact) mass is 339 g/mol. The van der Waals surface area contributed by atoms with E-state index in [-0.39, 0.29) is 5.56 Å². The molecule has 0 heterocycles. The molecule has 0 saturated heterocycles. The van der Waals surface area contributed by atoms with Crippen LogP contribution in [0.5, 0.6) is 0 Å². The van der Waals surface area contributed by atoms with E-state index < -0.39 is 23.1 Å². The third-order valence-electron chi connectivity index (χ3n) is 1.92. The zero-order valence-electron chi connectivity index (χ0n) is 8.02. The van der Waals surface area contributed by atoms with Gasteiger partial charge in [0, 0.05) is 9.13 Å². The maximum Gasteiger partial charge on any atom is 0.417 e. The van der Waals surface area contributed by atoms with Gasteiger partial charge in [0.2, 0.25) is 0 Å². The highest BCUT2D eigenvalue weighted by Crippen LogP contribution is 2.34. The van der Waals surface area contributed by atoms with Crippen molar-refractivity contribution >= 4 is 28.4 Å². The van der Waals surface area contributed by atoms with E-state index in [0.29, 0.717) is 3.57 Å². The fourth-order valence-electron chi connectivity index (χ4n) is 1.29. The summed E-state index contributed by atoms with van der Waals surface area (Å²) in [6.45, 7) is 1.02. The molecule has 0 saturated carbocycles. The van der Waals surface area contributed by atoms with Crippen LogP contribution in [0.1, 0.15) is 28.4 Å². The van der Waals surface area contributed by atoms with E-state index in [0.717, 1.165) is 13.0 Å². The molecule has 0 amide bonds. The maximum absolute atomic E-state index is 12.6.